The number of amides is 2. The number of rotatable bonds is 14. The van der Waals surface area contributed by atoms with Crippen molar-refractivity contribution in [2.24, 2.45) is 4.99 Å². The van der Waals surface area contributed by atoms with E-state index in [-0.39, 0.29) is 49.7 Å². The summed E-state index contributed by atoms with van der Waals surface area (Å²) in [6.45, 7) is 0.338. The van der Waals surface area contributed by atoms with Gasteiger partial charge in [-0.05, 0) is 35.9 Å². The van der Waals surface area contributed by atoms with Crippen molar-refractivity contribution in [1.29, 1.82) is 5.26 Å². The SMILES string of the molecule is N#CNC(=NCCC[C@@H](COC(=O)Nc1cc2ccccc2cn1)NC(=O)CNCc1cccc(F)c1Cl)NCCO. The van der Waals surface area contributed by atoms with Crippen LogP contribution in [0.4, 0.5) is 15.0 Å². The maximum absolute atomic E-state index is 13.7. The van der Waals surface area contributed by atoms with Crippen LogP contribution in [-0.2, 0) is 16.1 Å². The van der Waals surface area contributed by atoms with Crippen LogP contribution in [0.15, 0.2) is 59.7 Å². The van der Waals surface area contributed by atoms with Crippen molar-refractivity contribution in [3.05, 3.63) is 71.1 Å². The molecule has 0 spiro atoms. The number of aliphatic hydroxyl groups is 1. The Kier molecular flexibility index (Phi) is 13.2. The number of aliphatic imine (C=N–C) groups is 1. The van der Waals surface area contributed by atoms with Crippen LogP contribution in [-0.4, -0.2) is 66.9 Å². The highest BCUT2D eigenvalue weighted by Crippen LogP contribution is 2.19. The molecule has 12 nitrogen and oxygen atoms in total. The van der Waals surface area contributed by atoms with Crippen LogP contribution in [0.25, 0.3) is 10.8 Å². The average molecular weight is 599 g/mol. The molecule has 14 heteroatoms. The van der Waals surface area contributed by atoms with E-state index in [9.17, 15) is 14.0 Å². The van der Waals surface area contributed by atoms with E-state index in [2.05, 4.69) is 36.6 Å². The fraction of sp³-hybridized carbons (Fsp3) is 0.321. The number of guanidine groups is 1. The maximum atomic E-state index is 13.7. The summed E-state index contributed by atoms with van der Waals surface area (Å²) in [5, 5.41) is 33.1. The molecule has 0 aliphatic carbocycles. The van der Waals surface area contributed by atoms with Crippen molar-refractivity contribution in [2.45, 2.75) is 25.4 Å². The molecule has 0 saturated carbocycles. The molecule has 0 unspecified atom stereocenters. The van der Waals surface area contributed by atoms with Gasteiger partial charge in [0, 0.05) is 31.2 Å². The first-order valence-corrected chi connectivity index (χ1v) is 13.5. The van der Waals surface area contributed by atoms with Crippen molar-refractivity contribution in [3.8, 4) is 6.19 Å². The van der Waals surface area contributed by atoms with Crippen molar-refractivity contribution in [2.75, 3.05) is 38.2 Å². The Morgan fingerprint density at radius 3 is 2.79 bits per heavy atom. The summed E-state index contributed by atoms with van der Waals surface area (Å²) >= 11 is 5.97. The number of benzene rings is 2. The van der Waals surface area contributed by atoms with Gasteiger partial charge in [-0.3, -0.25) is 20.4 Å². The summed E-state index contributed by atoms with van der Waals surface area (Å²) in [6, 6.07) is 13.2. The summed E-state index contributed by atoms with van der Waals surface area (Å²) < 4.78 is 19.0. The standard InChI is InChI=1S/C28H32ClFN8O4/c29-26-21(7-3-9-23(26)30)14-32-16-25(40)37-22(8-4-10-33-27(36-18-31)34-11-12-39)17-42-28(41)38-24-13-19-5-1-2-6-20(19)15-35-24/h1-3,5-7,9,13,15,22,32,39H,4,8,10-12,14,16-17H2,(H,37,40)(H2,33,34,36)(H,35,38,41)/t22-/m0/s1. The molecule has 1 atom stereocenters. The normalized spacial score (nSPS) is 11.8. The van der Waals surface area contributed by atoms with Crippen LogP contribution in [0.1, 0.15) is 18.4 Å². The third-order valence-corrected chi connectivity index (χ3v) is 6.26. The highest BCUT2D eigenvalue weighted by atomic mass is 35.5. The van der Waals surface area contributed by atoms with E-state index in [1.165, 1.54) is 12.1 Å². The zero-order chi connectivity index (χ0) is 30.2. The lowest BCUT2D eigenvalue weighted by Crippen LogP contribution is -2.43. The van der Waals surface area contributed by atoms with Crippen LogP contribution in [0.2, 0.25) is 5.02 Å². The number of halogens is 2. The summed E-state index contributed by atoms with van der Waals surface area (Å²) in [6.07, 6.45) is 3.55. The van der Waals surface area contributed by atoms with Crippen LogP contribution in [0.5, 0.6) is 0 Å². The predicted octanol–water partition coefficient (Wildman–Crippen LogP) is 2.64. The molecule has 2 aromatic carbocycles. The zero-order valence-electron chi connectivity index (χ0n) is 22.7. The third-order valence-electron chi connectivity index (χ3n) is 5.83. The largest absolute Gasteiger partial charge is 0.447 e. The number of nitrogens with zero attached hydrogens (tertiary/aromatic N) is 3. The molecular weight excluding hydrogens is 567 g/mol. The Labute approximate surface area is 247 Å². The van der Waals surface area contributed by atoms with Crippen LogP contribution >= 0.6 is 11.6 Å². The van der Waals surface area contributed by atoms with Crippen LogP contribution in [0.3, 0.4) is 0 Å². The summed E-state index contributed by atoms with van der Waals surface area (Å²) in [4.78, 5) is 33.6. The van der Waals surface area contributed by atoms with Gasteiger partial charge in [-0.1, -0.05) is 48.0 Å². The number of fused-ring (bicyclic) bond motifs is 1. The number of hydrogen-bond donors (Lipinski definition) is 6. The molecule has 0 saturated heterocycles. The third kappa shape index (κ3) is 10.8. The van der Waals surface area contributed by atoms with E-state index >= 15 is 0 Å². The minimum absolute atomic E-state index is 0.0112. The summed E-state index contributed by atoms with van der Waals surface area (Å²) in [7, 11) is 0. The number of hydrogen-bond acceptors (Lipinski definition) is 8. The Bertz CT molecular complexity index is 1420. The number of ether oxygens (including phenoxy) is 1. The second kappa shape index (κ2) is 17.3. The van der Waals surface area contributed by atoms with E-state index in [0.29, 0.717) is 30.8 Å². The van der Waals surface area contributed by atoms with Gasteiger partial charge in [0.25, 0.3) is 0 Å². The summed E-state index contributed by atoms with van der Waals surface area (Å²) in [5.74, 6) is -0.377. The predicted molar refractivity (Wildman–Crippen MR) is 157 cm³/mol. The molecule has 0 bridgehead atoms. The van der Waals surface area contributed by atoms with Crippen molar-refractivity contribution < 1.29 is 23.8 Å². The molecule has 42 heavy (non-hydrogen) atoms. The van der Waals surface area contributed by atoms with Gasteiger partial charge < -0.3 is 25.8 Å². The molecule has 0 radical (unpaired) electrons. The van der Waals surface area contributed by atoms with Crippen LogP contribution < -0.4 is 26.6 Å². The molecule has 2 amide bonds. The number of pyridine rings is 1. The summed E-state index contributed by atoms with van der Waals surface area (Å²) in [5.41, 5.74) is 0.512. The molecule has 6 N–H and O–H groups in total. The van der Waals surface area contributed by atoms with Gasteiger partial charge in [0.05, 0.1) is 24.2 Å². The second-order valence-corrected chi connectivity index (χ2v) is 9.36. The Morgan fingerprint density at radius 2 is 2.00 bits per heavy atom. The minimum atomic E-state index is -0.734. The number of carbonyl (C=O) groups excluding carboxylic acids is 2. The molecule has 1 aromatic heterocycles. The highest BCUT2D eigenvalue weighted by molar-refractivity contribution is 6.31. The minimum Gasteiger partial charge on any atom is -0.447 e. The quantitative estimate of drug-likeness (QED) is 0.0536. The number of nitrogens with one attached hydrogen (secondary N) is 5. The monoisotopic (exact) mass is 598 g/mol. The number of carbonyl (C=O) groups is 2. The van der Waals surface area contributed by atoms with E-state index in [1.54, 1.807) is 24.5 Å². The van der Waals surface area contributed by atoms with Gasteiger partial charge in [-0.2, -0.15) is 5.26 Å². The Morgan fingerprint density at radius 1 is 1.19 bits per heavy atom. The van der Waals surface area contributed by atoms with Crippen molar-refractivity contribution in [1.82, 2.24) is 26.3 Å². The lowest BCUT2D eigenvalue weighted by molar-refractivity contribution is -0.121. The van der Waals surface area contributed by atoms with E-state index < -0.39 is 18.0 Å². The Hall–Kier alpha value is -4.51. The number of nitriles is 1. The van der Waals surface area contributed by atoms with Gasteiger partial charge in [-0.25, -0.2) is 14.2 Å². The van der Waals surface area contributed by atoms with Crippen LogP contribution in [0, 0.1) is 17.3 Å². The number of anilines is 1. The molecule has 1 heterocycles. The molecule has 0 aliphatic rings. The van der Waals surface area contributed by atoms with Crippen molar-refractivity contribution >= 4 is 46.2 Å². The van der Waals surface area contributed by atoms with E-state index in [1.807, 2.05) is 24.3 Å². The number of aliphatic hydroxyl groups excluding tert-OH is 1. The Balaban J connectivity index is 1.55. The second-order valence-electron chi connectivity index (χ2n) is 8.98. The first kappa shape index (κ1) is 32.0. The van der Waals surface area contributed by atoms with Gasteiger partial charge in [0.2, 0.25) is 11.9 Å². The molecule has 0 fully saturated rings. The topological polar surface area (TPSA) is 173 Å². The first-order valence-electron chi connectivity index (χ1n) is 13.2. The van der Waals surface area contributed by atoms with Gasteiger partial charge in [-0.15, -0.1) is 0 Å². The molecular formula is C28H32ClFN8O4. The lowest BCUT2D eigenvalue weighted by atomic mass is 10.1. The van der Waals surface area contributed by atoms with Crippen molar-refractivity contribution in [3.63, 3.8) is 0 Å². The zero-order valence-corrected chi connectivity index (χ0v) is 23.5. The lowest BCUT2D eigenvalue weighted by Gasteiger charge is -2.19. The maximum Gasteiger partial charge on any atom is 0.412 e. The fourth-order valence-corrected chi connectivity index (χ4v) is 4.03. The van der Waals surface area contributed by atoms with Gasteiger partial charge in [0.1, 0.15) is 18.2 Å². The van der Waals surface area contributed by atoms with E-state index in [4.69, 9.17) is 26.7 Å². The number of aromatic nitrogens is 1. The first-order chi connectivity index (χ1) is 20.4. The average Bonchev–Trinajstić information content (AvgIpc) is 2.98. The van der Waals surface area contributed by atoms with Gasteiger partial charge in [0.15, 0.2) is 6.19 Å². The molecule has 222 valence electrons. The van der Waals surface area contributed by atoms with E-state index in [0.717, 1.165) is 10.8 Å². The molecule has 3 rings (SSSR count). The smallest absolute Gasteiger partial charge is 0.412 e. The fourth-order valence-electron chi connectivity index (χ4n) is 3.84. The molecule has 0 aliphatic heterocycles. The van der Waals surface area contributed by atoms with Gasteiger partial charge >= 0.3 is 6.09 Å². The molecule has 3 aromatic rings. The highest BCUT2D eigenvalue weighted by Gasteiger charge is 2.16.